The number of nitrogens with zero attached hydrogens (tertiary/aromatic N) is 2. The third kappa shape index (κ3) is 3.49. The molecule has 3 heteroatoms. The number of hydrogen-bond acceptors (Lipinski definition) is 1. The highest BCUT2D eigenvalue weighted by Crippen LogP contribution is 2.35. The van der Waals surface area contributed by atoms with E-state index in [4.69, 9.17) is 5.10 Å². The Hall–Kier alpha value is -3.20. The minimum absolute atomic E-state index is 0.269. The first-order chi connectivity index (χ1) is 13.8. The van der Waals surface area contributed by atoms with Crippen LogP contribution in [0.15, 0.2) is 60.7 Å². The minimum Gasteiger partial charge on any atom is -0.232 e. The molecule has 0 radical (unpaired) electrons. The number of halogens is 1. The van der Waals surface area contributed by atoms with E-state index in [1.54, 1.807) is 6.07 Å². The quantitative estimate of drug-likeness (QED) is 0.376. The van der Waals surface area contributed by atoms with Crippen molar-refractivity contribution >= 4 is 0 Å². The van der Waals surface area contributed by atoms with Gasteiger partial charge in [0, 0.05) is 16.7 Å². The second kappa shape index (κ2) is 7.32. The zero-order chi connectivity index (χ0) is 20.7. The smallest absolute Gasteiger partial charge is 0.125 e. The highest BCUT2D eigenvalue weighted by atomic mass is 19.1. The molecule has 0 N–H and O–H groups in total. The average molecular weight is 384 g/mol. The average Bonchev–Trinajstić information content (AvgIpc) is 3.03. The normalized spacial score (nSPS) is 11.1. The van der Waals surface area contributed by atoms with E-state index in [-0.39, 0.29) is 5.82 Å². The molecule has 0 atom stereocenters. The molecule has 29 heavy (non-hydrogen) atoms. The molecule has 2 nitrogen and oxygen atoms in total. The first-order valence-corrected chi connectivity index (χ1v) is 9.86. The fraction of sp³-hybridized carbons (Fsp3) is 0.192. The van der Waals surface area contributed by atoms with Gasteiger partial charge in [-0.05, 0) is 87.2 Å². The van der Waals surface area contributed by atoms with Gasteiger partial charge in [-0.1, -0.05) is 30.3 Å². The van der Waals surface area contributed by atoms with Crippen molar-refractivity contribution in [3.63, 3.8) is 0 Å². The van der Waals surface area contributed by atoms with Crippen molar-refractivity contribution in [2.24, 2.45) is 0 Å². The van der Waals surface area contributed by atoms with Gasteiger partial charge in [0.2, 0.25) is 0 Å². The van der Waals surface area contributed by atoms with Gasteiger partial charge in [0.05, 0.1) is 17.1 Å². The molecule has 0 bridgehead atoms. The van der Waals surface area contributed by atoms with Crippen molar-refractivity contribution in [2.75, 3.05) is 0 Å². The van der Waals surface area contributed by atoms with Crippen molar-refractivity contribution < 1.29 is 4.39 Å². The summed E-state index contributed by atoms with van der Waals surface area (Å²) in [6.07, 6.45) is 0. The summed E-state index contributed by atoms with van der Waals surface area (Å²) < 4.78 is 15.9. The lowest BCUT2D eigenvalue weighted by Crippen LogP contribution is -2.00. The van der Waals surface area contributed by atoms with E-state index in [1.165, 1.54) is 34.4 Å². The van der Waals surface area contributed by atoms with Gasteiger partial charge in [-0.3, -0.25) is 0 Å². The molecule has 0 aliphatic heterocycles. The number of aryl methyl sites for hydroxylation is 4. The number of rotatable bonds is 3. The Balaban J connectivity index is 2.00. The second-order valence-corrected chi connectivity index (χ2v) is 7.81. The molecule has 4 rings (SSSR count). The zero-order valence-electron chi connectivity index (χ0n) is 17.5. The lowest BCUT2D eigenvalue weighted by Gasteiger charge is -2.11. The van der Waals surface area contributed by atoms with Crippen LogP contribution in [0.4, 0.5) is 4.39 Å². The van der Waals surface area contributed by atoms with Gasteiger partial charge in [0.25, 0.3) is 0 Å². The predicted octanol–water partition coefficient (Wildman–Crippen LogP) is 6.89. The Morgan fingerprint density at radius 1 is 0.690 bits per heavy atom. The fourth-order valence-electron chi connectivity index (χ4n) is 3.68. The molecule has 3 aromatic carbocycles. The van der Waals surface area contributed by atoms with Gasteiger partial charge < -0.3 is 0 Å². The molecular weight excluding hydrogens is 359 g/mol. The molecule has 146 valence electrons. The summed E-state index contributed by atoms with van der Waals surface area (Å²) in [6, 6.07) is 19.4. The van der Waals surface area contributed by atoms with Crippen molar-refractivity contribution in [3.05, 3.63) is 94.3 Å². The summed E-state index contributed by atoms with van der Waals surface area (Å²) in [5.41, 5.74) is 10.8. The van der Waals surface area contributed by atoms with Crippen LogP contribution >= 0.6 is 0 Å². The molecule has 1 aromatic heterocycles. The maximum Gasteiger partial charge on any atom is 0.125 e. The Bertz CT molecular complexity index is 1220. The van der Waals surface area contributed by atoms with Gasteiger partial charge in [0.1, 0.15) is 5.82 Å². The molecular formula is C26H25FN2. The Labute approximate surface area is 171 Å². The van der Waals surface area contributed by atoms with Crippen molar-refractivity contribution in [1.82, 2.24) is 9.78 Å². The van der Waals surface area contributed by atoms with Crippen LogP contribution in [0.3, 0.4) is 0 Å². The minimum atomic E-state index is -0.269. The van der Waals surface area contributed by atoms with Crippen LogP contribution in [-0.2, 0) is 0 Å². The van der Waals surface area contributed by atoms with Crippen LogP contribution < -0.4 is 0 Å². The van der Waals surface area contributed by atoms with Crippen molar-refractivity contribution in [1.29, 1.82) is 0 Å². The molecule has 0 saturated carbocycles. The Kier molecular flexibility index (Phi) is 4.83. The fourth-order valence-corrected chi connectivity index (χ4v) is 3.68. The first-order valence-electron chi connectivity index (χ1n) is 9.86. The van der Waals surface area contributed by atoms with E-state index in [9.17, 15) is 4.39 Å². The molecule has 1 heterocycles. The SMILES string of the molecule is Cc1ccc(-c2nn(-c3cccc(F)c3)c(-c3ccc(C)c(C)c3)c2C)cc1C. The van der Waals surface area contributed by atoms with Crippen LogP contribution in [-0.4, -0.2) is 9.78 Å². The molecule has 0 unspecified atom stereocenters. The van der Waals surface area contributed by atoms with E-state index >= 15 is 0 Å². The van der Waals surface area contributed by atoms with Crippen LogP contribution in [0, 0.1) is 40.4 Å². The van der Waals surface area contributed by atoms with Gasteiger partial charge in [0.15, 0.2) is 0 Å². The maximum absolute atomic E-state index is 14.0. The largest absolute Gasteiger partial charge is 0.232 e. The van der Waals surface area contributed by atoms with Crippen LogP contribution in [0.5, 0.6) is 0 Å². The van der Waals surface area contributed by atoms with Gasteiger partial charge in [-0.2, -0.15) is 5.10 Å². The number of benzene rings is 3. The van der Waals surface area contributed by atoms with Crippen molar-refractivity contribution in [2.45, 2.75) is 34.6 Å². The van der Waals surface area contributed by atoms with Crippen LogP contribution in [0.25, 0.3) is 28.2 Å². The van der Waals surface area contributed by atoms with E-state index in [0.717, 1.165) is 33.8 Å². The summed E-state index contributed by atoms with van der Waals surface area (Å²) in [6.45, 7) is 10.5. The molecule has 0 spiro atoms. The monoisotopic (exact) mass is 384 g/mol. The molecule has 0 amide bonds. The lowest BCUT2D eigenvalue weighted by molar-refractivity contribution is 0.625. The maximum atomic E-state index is 14.0. The molecule has 4 aromatic rings. The van der Waals surface area contributed by atoms with E-state index in [0.29, 0.717) is 0 Å². The zero-order valence-corrected chi connectivity index (χ0v) is 17.5. The summed E-state index contributed by atoms with van der Waals surface area (Å²) in [5, 5.41) is 4.94. The second-order valence-electron chi connectivity index (χ2n) is 7.81. The molecule has 0 fully saturated rings. The standard InChI is InChI=1S/C26H25FN2/c1-16-9-11-21(13-18(16)3)25-20(5)26(22-12-10-17(2)19(4)14-22)29(28-25)24-8-6-7-23(27)15-24/h6-15H,1-5H3. The summed E-state index contributed by atoms with van der Waals surface area (Å²) in [7, 11) is 0. The lowest BCUT2D eigenvalue weighted by atomic mass is 9.98. The molecule has 0 aliphatic carbocycles. The van der Waals surface area contributed by atoms with Crippen LogP contribution in [0.2, 0.25) is 0 Å². The van der Waals surface area contributed by atoms with E-state index < -0.39 is 0 Å². The molecule has 0 aliphatic rings. The van der Waals surface area contributed by atoms with Gasteiger partial charge in [-0.25, -0.2) is 9.07 Å². The number of aromatic nitrogens is 2. The van der Waals surface area contributed by atoms with E-state index in [2.05, 4.69) is 71.0 Å². The topological polar surface area (TPSA) is 17.8 Å². The van der Waals surface area contributed by atoms with E-state index in [1.807, 2.05) is 10.7 Å². The summed E-state index contributed by atoms with van der Waals surface area (Å²) in [4.78, 5) is 0. The first kappa shape index (κ1) is 19.1. The third-order valence-corrected chi connectivity index (χ3v) is 5.74. The highest BCUT2D eigenvalue weighted by Gasteiger charge is 2.19. The molecule has 0 saturated heterocycles. The third-order valence-electron chi connectivity index (χ3n) is 5.74. The Morgan fingerprint density at radius 3 is 1.93 bits per heavy atom. The Morgan fingerprint density at radius 2 is 1.31 bits per heavy atom. The highest BCUT2D eigenvalue weighted by molar-refractivity contribution is 5.76. The summed E-state index contributed by atoms with van der Waals surface area (Å²) in [5.74, 6) is -0.269. The van der Waals surface area contributed by atoms with Gasteiger partial charge in [-0.15, -0.1) is 0 Å². The van der Waals surface area contributed by atoms with Crippen molar-refractivity contribution in [3.8, 4) is 28.2 Å². The summed E-state index contributed by atoms with van der Waals surface area (Å²) >= 11 is 0. The number of hydrogen-bond donors (Lipinski definition) is 0. The van der Waals surface area contributed by atoms with Gasteiger partial charge >= 0.3 is 0 Å². The van der Waals surface area contributed by atoms with Crippen LogP contribution in [0.1, 0.15) is 27.8 Å². The predicted molar refractivity (Wildman–Crippen MR) is 118 cm³/mol.